The number of rotatable bonds is 5. The molecule has 0 bridgehead atoms. The molecule has 1 aliphatic heterocycles. The summed E-state index contributed by atoms with van der Waals surface area (Å²) in [6.45, 7) is 4.65. The molecule has 1 unspecified atom stereocenters. The van der Waals surface area contributed by atoms with E-state index in [0.717, 1.165) is 34.3 Å². The molecule has 5 nitrogen and oxygen atoms in total. The fourth-order valence-corrected chi connectivity index (χ4v) is 3.53. The van der Waals surface area contributed by atoms with Crippen LogP contribution in [0.5, 0.6) is 0 Å². The Hall–Kier alpha value is -1.47. The van der Waals surface area contributed by atoms with Gasteiger partial charge in [0, 0.05) is 29.4 Å². The molecule has 24 heavy (non-hydrogen) atoms. The van der Waals surface area contributed by atoms with Crippen LogP contribution in [0.3, 0.4) is 0 Å². The van der Waals surface area contributed by atoms with Gasteiger partial charge in [-0.3, -0.25) is 4.79 Å². The number of amides is 1. The summed E-state index contributed by atoms with van der Waals surface area (Å²) in [6, 6.07) is 10.2. The smallest absolute Gasteiger partial charge is 0.221 e. The quantitative estimate of drug-likeness (QED) is 0.852. The van der Waals surface area contributed by atoms with E-state index in [1.54, 1.807) is 11.3 Å². The Morgan fingerprint density at radius 2 is 2.21 bits per heavy atom. The van der Waals surface area contributed by atoms with Gasteiger partial charge in [0.05, 0.1) is 25.5 Å². The van der Waals surface area contributed by atoms with Crippen molar-refractivity contribution in [2.45, 2.75) is 25.9 Å². The Kier molecular flexibility index (Phi) is 7.17. The molecule has 0 aliphatic carbocycles. The molecular formula is C17H22ClN3O2S. The summed E-state index contributed by atoms with van der Waals surface area (Å²) in [5, 5.41) is 7.27. The number of thiazole rings is 1. The molecule has 1 atom stereocenters. The Bertz CT molecular complexity index is 657. The van der Waals surface area contributed by atoms with E-state index < -0.39 is 0 Å². The molecule has 1 amide bonds. The predicted octanol–water partition coefficient (Wildman–Crippen LogP) is 2.54. The molecule has 0 spiro atoms. The van der Waals surface area contributed by atoms with Gasteiger partial charge < -0.3 is 15.4 Å². The number of hydrogen-bond donors (Lipinski definition) is 2. The van der Waals surface area contributed by atoms with Gasteiger partial charge in [-0.25, -0.2) is 4.98 Å². The number of hydrogen-bond acceptors (Lipinski definition) is 5. The summed E-state index contributed by atoms with van der Waals surface area (Å²) in [4.78, 5) is 17.8. The van der Waals surface area contributed by atoms with E-state index in [4.69, 9.17) is 4.74 Å². The van der Waals surface area contributed by atoms with Gasteiger partial charge in [0.2, 0.25) is 5.91 Å². The molecule has 1 aliphatic rings. The minimum atomic E-state index is 0. The summed E-state index contributed by atoms with van der Waals surface area (Å²) in [5.74, 6) is 0.0436. The van der Waals surface area contributed by atoms with Crippen LogP contribution >= 0.6 is 23.7 Å². The SMILES string of the molecule is Cc1nc(-c2ccccc2)sc1CNC(=O)CC1COCCN1.Cl. The zero-order valence-corrected chi connectivity index (χ0v) is 15.2. The average Bonchev–Trinajstić information content (AvgIpc) is 2.96. The Labute approximate surface area is 152 Å². The van der Waals surface area contributed by atoms with Crippen LogP contribution in [-0.4, -0.2) is 36.7 Å². The minimum Gasteiger partial charge on any atom is -0.378 e. The second kappa shape index (κ2) is 9.13. The molecule has 0 saturated carbocycles. The van der Waals surface area contributed by atoms with Gasteiger partial charge in [0.25, 0.3) is 0 Å². The summed E-state index contributed by atoms with van der Waals surface area (Å²) < 4.78 is 5.37. The van der Waals surface area contributed by atoms with E-state index in [2.05, 4.69) is 27.8 Å². The van der Waals surface area contributed by atoms with Crippen LogP contribution in [0.1, 0.15) is 17.0 Å². The molecule has 1 fully saturated rings. The number of aromatic nitrogens is 1. The molecule has 2 N–H and O–H groups in total. The van der Waals surface area contributed by atoms with Crippen molar-refractivity contribution < 1.29 is 9.53 Å². The highest BCUT2D eigenvalue weighted by atomic mass is 35.5. The van der Waals surface area contributed by atoms with Crippen molar-refractivity contribution in [1.82, 2.24) is 15.6 Å². The van der Waals surface area contributed by atoms with Gasteiger partial charge in [-0.15, -0.1) is 23.7 Å². The highest BCUT2D eigenvalue weighted by molar-refractivity contribution is 7.15. The number of nitrogens with one attached hydrogen (secondary N) is 2. The van der Waals surface area contributed by atoms with Gasteiger partial charge in [-0.2, -0.15) is 0 Å². The number of carbonyl (C=O) groups excluding carboxylic acids is 1. The lowest BCUT2D eigenvalue weighted by Crippen LogP contribution is -2.44. The highest BCUT2D eigenvalue weighted by Crippen LogP contribution is 2.27. The van der Waals surface area contributed by atoms with Crippen molar-refractivity contribution in [3.8, 4) is 10.6 Å². The van der Waals surface area contributed by atoms with Crippen molar-refractivity contribution in [3.63, 3.8) is 0 Å². The summed E-state index contributed by atoms with van der Waals surface area (Å²) >= 11 is 1.63. The standard InChI is InChI=1S/C17H21N3O2S.ClH/c1-12-15(23-17(20-12)13-5-3-2-4-6-13)10-19-16(21)9-14-11-22-8-7-18-14;/h2-6,14,18H,7-11H2,1H3,(H,19,21);1H. The second-order valence-electron chi connectivity index (χ2n) is 5.60. The minimum absolute atomic E-state index is 0. The second-order valence-corrected chi connectivity index (χ2v) is 6.68. The third-order valence-electron chi connectivity index (χ3n) is 3.79. The Morgan fingerprint density at radius 1 is 1.42 bits per heavy atom. The van der Waals surface area contributed by atoms with E-state index in [0.29, 0.717) is 19.6 Å². The average molecular weight is 368 g/mol. The Morgan fingerprint density at radius 3 is 2.92 bits per heavy atom. The fraction of sp³-hybridized carbons (Fsp3) is 0.412. The van der Waals surface area contributed by atoms with Crippen molar-refractivity contribution >= 4 is 29.7 Å². The van der Waals surface area contributed by atoms with Crippen molar-refractivity contribution in [3.05, 3.63) is 40.9 Å². The summed E-state index contributed by atoms with van der Waals surface area (Å²) in [6.07, 6.45) is 0.448. The van der Waals surface area contributed by atoms with E-state index >= 15 is 0 Å². The van der Waals surface area contributed by atoms with Crippen molar-refractivity contribution in [2.24, 2.45) is 0 Å². The maximum Gasteiger partial charge on any atom is 0.221 e. The van der Waals surface area contributed by atoms with Crippen LogP contribution in [-0.2, 0) is 16.1 Å². The number of nitrogens with zero attached hydrogens (tertiary/aromatic N) is 1. The predicted molar refractivity (Wildman–Crippen MR) is 98.6 cm³/mol. The molecule has 2 aromatic rings. The van der Waals surface area contributed by atoms with E-state index in [9.17, 15) is 4.79 Å². The van der Waals surface area contributed by atoms with Crippen LogP contribution in [0.2, 0.25) is 0 Å². The molecule has 7 heteroatoms. The lowest BCUT2D eigenvalue weighted by Gasteiger charge is -2.23. The molecule has 130 valence electrons. The molecule has 2 heterocycles. The maximum atomic E-state index is 12.1. The normalized spacial score (nSPS) is 17.1. The molecule has 1 aromatic carbocycles. The Balaban J connectivity index is 0.00000208. The topological polar surface area (TPSA) is 63.2 Å². The van der Waals surface area contributed by atoms with Gasteiger partial charge in [-0.1, -0.05) is 30.3 Å². The number of carbonyl (C=O) groups is 1. The van der Waals surface area contributed by atoms with Crippen LogP contribution in [0, 0.1) is 6.92 Å². The third-order valence-corrected chi connectivity index (χ3v) is 5.00. The van der Waals surface area contributed by atoms with Crippen LogP contribution in [0.25, 0.3) is 10.6 Å². The number of ether oxygens (including phenoxy) is 1. The number of aryl methyl sites for hydroxylation is 1. The van der Waals surface area contributed by atoms with Gasteiger partial charge >= 0.3 is 0 Å². The van der Waals surface area contributed by atoms with Crippen LogP contribution in [0.15, 0.2) is 30.3 Å². The molecular weight excluding hydrogens is 346 g/mol. The van der Waals surface area contributed by atoms with Crippen molar-refractivity contribution in [2.75, 3.05) is 19.8 Å². The number of halogens is 1. The largest absolute Gasteiger partial charge is 0.378 e. The van der Waals surface area contributed by atoms with Gasteiger partial charge in [-0.05, 0) is 6.92 Å². The first kappa shape index (κ1) is 18.9. The first-order valence-electron chi connectivity index (χ1n) is 7.82. The third kappa shape index (κ3) is 5.01. The molecule has 1 aromatic heterocycles. The molecule has 3 rings (SSSR count). The van der Waals surface area contributed by atoms with Crippen LogP contribution in [0.4, 0.5) is 0 Å². The lowest BCUT2D eigenvalue weighted by atomic mass is 10.2. The molecule has 1 saturated heterocycles. The maximum absolute atomic E-state index is 12.1. The highest BCUT2D eigenvalue weighted by Gasteiger charge is 2.17. The first-order valence-corrected chi connectivity index (χ1v) is 8.63. The number of morpholine rings is 1. The summed E-state index contributed by atoms with van der Waals surface area (Å²) in [5.41, 5.74) is 2.09. The first-order chi connectivity index (χ1) is 11.2. The van der Waals surface area contributed by atoms with E-state index in [1.807, 2.05) is 25.1 Å². The zero-order chi connectivity index (χ0) is 16.1. The van der Waals surface area contributed by atoms with Gasteiger partial charge in [0.15, 0.2) is 0 Å². The van der Waals surface area contributed by atoms with Crippen molar-refractivity contribution in [1.29, 1.82) is 0 Å². The van der Waals surface area contributed by atoms with Gasteiger partial charge in [0.1, 0.15) is 5.01 Å². The van der Waals surface area contributed by atoms with Crippen LogP contribution < -0.4 is 10.6 Å². The van der Waals surface area contributed by atoms with E-state index in [-0.39, 0.29) is 24.4 Å². The number of benzene rings is 1. The monoisotopic (exact) mass is 367 g/mol. The fourth-order valence-electron chi connectivity index (χ4n) is 2.52. The molecule has 0 radical (unpaired) electrons. The lowest BCUT2D eigenvalue weighted by molar-refractivity contribution is -0.122. The summed E-state index contributed by atoms with van der Waals surface area (Å²) in [7, 11) is 0. The van der Waals surface area contributed by atoms with E-state index in [1.165, 1.54) is 0 Å². The zero-order valence-electron chi connectivity index (χ0n) is 13.6.